The summed E-state index contributed by atoms with van der Waals surface area (Å²) in [5, 5.41) is 0. The summed E-state index contributed by atoms with van der Waals surface area (Å²) >= 11 is 0. The number of hydrogen-bond acceptors (Lipinski definition) is 3. The zero-order chi connectivity index (χ0) is 13.0. The third kappa shape index (κ3) is 2.72. The van der Waals surface area contributed by atoms with E-state index in [9.17, 15) is 4.79 Å². The Bertz CT molecular complexity index is 425. The summed E-state index contributed by atoms with van der Waals surface area (Å²) in [5.74, 6) is 1.24. The third-order valence-electron chi connectivity index (χ3n) is 3.62. The molecule has 0 fully saturated rings. The minimum absolute atomic E-state index is 0.158. The first-order valence-corrected chi connectivity index (χ1v) is 6.74. The summed E-state index contributed by atoms with van der Waals surface area (Å²) in [6, 6.07) is 5.87. The van der Waals surface area contributed by atoms with E-state index in [2.05, 4.69) is 6.92 Å². The van der Waals surface area contributed by atoms with Gasteiger partial charge in [-0.25, -0.2) is 0 Å². The molecule has 2 rings (SSSR count). The van der Waals surface area contributed by atoms with Crippen molar-refractivity contribution in [3.05, 3.63) is 29.3 Å². The Hall–Kier alpha value is -1.35. The van der Waals surface area contributed by atoms with Crippen LogP contribution in [0, 0.1) is 5.92 Å². The Morgan fingerprint density at radius 1 is 1.50 bits per heavy atom. The first-order valence-electron chi connectivity index (χ1n) is 6.74. The normalized spacial score (nSPS) is 15.7. The number of benzene rings is 1. The van der Waals surface area contributed by atoms with Crippen LogP contribution in [0.1, 0.15) is 42.1 Å². The van der Waals surface area contributed by atoms with E-state index in [0.717, 1.165) is 36.1 Å². The van der Waals surface area contributed by atoms with Crippen molar-refractivity contribution in [1.29, 1.82) is 0 Å². The summed E-state index contributed by atoms with van der Waals surface area (Å²) in [7, 11) is 0. The molecule has 1 aromatic carbocycles. The van der Waals surface area contributed by atoms with Crippen LogP contribution < -0.4 is 10.5 Å². The van der Waals surface area contributed by atoms with Gasteiger partial charge in [-0.05, 0) is 36.9 Å². The van der Waals surface area contributed by atoms with Gasteiger partial charge in [-0.3, -0.25) is 4.79 Å². The van der Waals surface area contributed by atoms with Gasteiger partial charge in [-0.1, -0.05) is 25.5 Å². The second kappa shape index (κ2) is 6.01. The van der Waals surface area contributed by atoms with Crippen LogP contribution in [-0.2, 0) is 6.42 Å². The summed E-state index contributed by atoms with van der Waals surface area (Å²) in [6.45, 7) is 3.35. The molecule has 1 atom stereocenters. The molecular weight excluding hydrogens is 226 g/mol. The van der Waals surface area contributed by atoms with Crippen LogP contribution >= 0.6 is 0 Å². The Balaban J connectivity index is 2.20. The van der Waals surface area contributed by atoms with Crippen LogP contribution in [0.2, 0.25) is 0 Å². The van der Waals surface area contributed by atoms with Gasteiger partial charge < -0.3 is 10.5 Å². The second-order valence-corrected chi connectivity index (χ2v) is 4.88. The highest BCUT2D eigenvalue weighted by Crippen LogP contribution is 2.30. The van der Waals surface area contributed by atoms with E-state index in [0.29, 0.717) is 19.6 Å². The number of carbonyl (C=O) groups excluding carboxylic acids is 1. The van der Waals surface area contributed by atoms with Gasteiger partial charge >= 0.3 is 0 Å². The maximum Gasteiger partial charge on any atom is 0.166 e. The number of para-hydroxylation sites is 1. The molecule has 98 valence electrons. The molecule has 0 bridgehead atoms. The Kier molecular flexibility index (Phi) is 4.37. The molecule has 1 aliphatic heterocycles. The van der Waals surface area contributed by atoms with E-state index in [1.165, 1.54) is 0 Å². The van der Waals surface area contributed by atoms with Crippen molar-refractivity contribution in [3.8, 4) is 5.75 Å². The number of Topliss-reactive ketones (excluding diaryl/α,β-unsaturated/α-hetero) is 1. The van der Waals surface area contributed by atoms with Crippen molar-refractivity contribution in [1.82, 2.24) is 0 Å². The molecule has 0 amide bonds. The fourth-order valence-corrected chi connectivity index (χ4v) is 2.38. The van der Waals surface area contributed by atoms with Crippen molar-refractivity contribution in [2.24, 2.45) is 11.7 Å². The molecule has 0 spiro atoms. The lowest BCUT2D eigenvalue weighted by molar-refractivity contribution is 0.0956. The maximum atomic E-state index is 12.3. The molecule has 3 heteroatoms. The molecule has 1 aliphatic rings. The van der Waals surface area contributed by atoms with E-state index in [1.807, 2.05) is 18.2 Å². The second-order valence-electron chi connectivity index (χ2n) is 4.88. The highest BCUT2D eigenvalue weighted by atomic mass is 16.5. The molecule has 18 heavy (non-hydrogen) atoms. The molecule has 1 unspecified atom stereocenters. The van der Waals surface area contributed by atoms with Gasteiger partial charge in [0.1, 0.15) is 5.75 Å². The number of rotatable bonds is 5. The number of carbonyl (C=O) groups is 1. The Labute approximate surface area is 108 Å². The zero-order valence-electron chi connectivity index (χ0n) is 10.9. The van der Waals surface area contributed by atoms with Crippen LogP contribution in [0.25, 0.3) is 0 Å². The van der Waals surface area contributed by atoms with Crippen LogP contribution in [-0.4, -0.2) is 18.9 Å². The number of ketones is 1. The van der Waals surface area contributed by atoms with Crippen molar-refractivity contribution in [2.75, 3.05) is 13.2 Å². The van der Waals surface area contributed by atoms with Crippen molar-refractivity contribution >= 4 is 5.78 Å². The molecule has 0 aromatic heterocycles. The molecule has 0 saturated heterocycles. The number of nitrogens with two attached hydrogens (primary N) is 1. The Morgan fingerprint density at radius 2 is 2.33 bits per heavy atom. The van der Waals surface area contributed by atoms with Crippen LogP contribution in [0.5, 0.6) is 5.75 Å². The fraction of sp³-hybridized carbons (Fsp3) is 0.533. The molecule has 0 saturated carbocycles. The monoisotopic (exact) mass is 247 g/mol. The topological polar surface area (TPSA) is 52.3 Å². The third-order valence-corrected chi connectivity index (χ3v) is 3.62. The first-order chi connectivity index (χ1) is 8.76. The van der Waals surface area contributed by atoms with Gasteiger partial charge in [-0.2, -0.15) is 0 Å². The number of hydrogen-bond donors (Lipinski definition) is 1. The lowest BCUT2D eigenvalue weighted by Gasteiger charge is -2.20. The van der Waals surface area contributed by atoms with Crippen LogP contribution in [0.3, 0.4) is 0 Å². The van der Waals surface area contributed by atoms with Gasteiger partial charge in [0.15, 0.2) is 5.78 Å². The molecule has 3 nitrogen and oxygen atoms in total. The predicted octanol–water partition coefficient (Wildman–Crippen LogP) is 2.57. The predicted molar refractivity (Wildman–Crippen MR) is 72.0 cm³/mol. The smallest absolute Gasteiger partial charge is 0.166 e. The fourth-order valence-electron chi connectivity index (χ4n) is 2.38. The summed E-state index contributed by atoms with van der Waals surface area (Å²) in [4.78, 5) is 12.3. The van der Waals surface area contributed by atoms with Gasteiger partial charge in [0.25, 0.3) is 0 Å². The van der Waals surface area contributed by atoms with Crippen molar-refractivity contribution < 1.29 is 9.53 Å². The first kappa shape index (κ1) is 13.1. The zero-order valence-corrected chi connectivity index (χ0v) is 10.9. The molecule has 0 radical (unpaired) electrons. The largest absolute Gasteiger partial charge is 0.493 e. The van der Waals surface area contributed by atoms with E-state index in [-0.39, 0.29) is 11.7 Å². The average molecular weight is 247 g/mol. The van der Waals surface area contributed by atoms with Crippen LogP contribution in [0.15, 0.2) is 18.2 Å². The summed E-state index contributed by atoms with van der Waals surface area (Å²) < 4.78 is 5.67. The highest BCUT2D eigenvalue weighted by molar-refractivity contribution is 5.99. The number of fused-ring (bicyclic) bond motifs is 1. The molecule has 2 N–H and O–H groups in total. The maximum absolute atomic E-state index is 12.3. The minimum atomic E-state index is 0.158. The van der Waals surface area contributed by atoms with Crippen molar-refractivity contribution in [3.63, 3.8) is 0 Å². The van der Waals surface area contributed by atoms with Crippen molar-refractivity contribution in [2.45, 2.75) is 32.6 Å². The van der Waals surface area contributed by atoms with Gasteiger partial charge in [-0.15, -0.1) is 0 Å². The van der Waals surface area contributed by atoms with E-state index in [1.54, 1.807) is 0 Å². The van der Waals surface area contributed by atoms with Crippen LogP contribution in [0.4, 0.5) is 0 Å². The molecule has 1 aromatic rings. The van der Waals surface area contributed by atoms with E-state index in [4.69, 9.17) is 10.5 Å². The molecule has 1 heterocycles. The number of aryl methyl sites for hydroxylation is 1. The molecule has 0 aliphatic carbocycles. The molecular formula is C15H21NO2. The lowest BCUT2D eigenvalue weighted by atomic mass is 9.93. The number of ether oxygens (including phenoxy) is 1. The quantitative estimate of drug-likeness (QED) is 0.814. The Morgan fingerprint density at radius 3 is 3.06 bits per heavy atom. The van der Waals surface area contributed by atoms with Gasteiger partial charge in [0.05, 0.1) is 12.2 Å². The van der Waals surface area contributed by atoms with E-state index >= 15 is 0 Å². The average Bonchev–Trinajstić information content (AvgIpc) is 2.43. The lowest BCUT2D eigenvalue weighted by Crippen LogP contribution is -2.19. The summed E-state index contributed by atoms with van der Waals surface area (Å²) in [5.41, 5.74) is 7.56. The SMILES string of the molecule is CCC(CN)CC(=O)c1cccc2c1OCCC2. The minimum Gasteiger partial charge on any atom is -0.493 e. The standard InChI is InChI=1S/C15H21NO2/c1-2-11(10-16)9-14(17)13-7-3-5-12-6-4-8-18-15(12)13/h3,5,7,11H,2,4,6,8-10,16H2,1H3. The van der Waals surface area contributed by atoms with E-state index < -0.39 is 0 Å². The highest BCUT2D eigenvalue weighted by Gasteiger charge is 2.20. The van der Waals surface area contributed by atoms with Gasteiger partial charge in [0.2, 0.25) is 0 Å². The summed E-state index contributed by atoms with van der Waals surface area (Å²) in [6.07, 6.45) is 3.50. The van der Waals surface area contributed by atoms with Gasteiger partial charge in [0, 0.05) is 6.42 Å².